The summed E-state index contributed by atoms with van der Waals surface area (Å²) < 4.78 is 14.0. The number of rotatable bonds is 2. The van der Waals surface area contributed by atoms with E-state index in [1.54, 1.807) is 0 Å². The van der Waals surface area contributed by atoms with E-state index >= 15 is 0 Å². The average Bonchev–Trinajstić information content (AvgIpc) is 1.84. The Bertz CT molecular complexity index is 255. The van der Waals surface area contributed by atoms with E-state index in [2.05, 4.69) is 4.52 Å². The van der Waals surface area contributed by atoms with Crippen molar-refractivity contribution in [2.45, 2.75) is 12.5 Å². The fourth-order valence-electron chi connectivity index (χ4n) is 0.304. The van der Waals surface area contributed by atoms with Gasteiger partial charge in [0.2, 0.25) is 5.60 Å². The molecule has 2 N–H and O–H groups in total. The molecule has 0 aliphatic rings. The molecular weight excluding hydrogens is 171 g/mol. The van der Waals surface area contributed by atoms with Crippen molar-refractivity contribution in [3.8, 4) is 12.1 Å². The lowest BCUT2D eigenvalue weighted by Gasteiger charge is -2.12. The van der Waals surface area contributed by atoms with Gasteiger partial charge in [-0.1, -0.05) is 0 Å². The van der Waals surface area contributed by atoms with Gasteiger partial charge in [0.25, 0.3) is 0 Å². The molecule has 0 aromatic rings. The van der Waals surface area contributed by atoms with Crippen LogP contribution in [0.5, 0.6) is 0 Å². The summed E-state index contributed by atoms with van der Waals surface area (Å²) in [6, 6.07) is 2.62. The first-order valence-electron chi connectivity index (χ1n) is 2.42. The highest BCUT2D eigenvalue weighted by atomic mass is 31.2. The molecule has 0 rings (SSSR count). The minimum atomic E-state index is -4.77. The van der Waals surface area contributed by atoms with Crippen LogP contribution in [0.25, 0.3) is 0 Å². The van der Waals surface area contributed by atoms with Crippen molar-refractivity contribution in [3.63, 3.8) is 0 Å². The van der Waals surface area contributed by atoms with Gasteiger partial charge < -0.3 is 9.79 Å². The number of phosphoric acid groups is 1. The minimum absolute atomic E-state index is 0.964. The second-order valence-corrected chi connectivity index (χ2v) is 3.00. The van der Waals surface area contributed by atoms with Crippen molar-refractivity contribution in [2.75, 3.05) is 0 Å². The van der Waals surface area contributed by atoms with Crippen LogP contribution in [-0.4, -0.2) is 15.4 Å². The van der Waals surface area contributed by atoms with Crippen LogP contribution in [0.3, 0.4) is 0 Å². The summed E-state index contributed by atoms with van der Waals surface area (Å²) in [7, 11) is -4.77. The quantitative estimate of drug-likeness (QED) is 0.567. The Hall–Kier alpha value is -0.910. The maximum atomic E-state index is 10.1. The Morgan fingerprint density at radius 3 is 1.91 bits per heavy atom. The van der Waals surface area contributed by atoms with E-state index in [0.717, 1.165) is 6.92 Å². The molecule has 0 saturated heterocycles. The zero-order valence-electron chi connectivity index (χ0n) is 5.55. The van der Waals surface area contributed by atoms with Crippen LogP contribution in [0.2, 0.25) is 0 Å². The topological polar surface area (TPSA) is 114 Å². The van der Waals surface area contributed by atoms with Gasteiger partial charge in [0, 0.05) is 0 Å². The Morgan fingerprint density at radius 2 is 1.82 bits per heavy atom. The lowest BCUT2D eigenvalue weighted by Crippen LogP contribution is -2.22. The van der Waals surface area contributed by atoms with Gasteiger partial charge in [-0.25, -0.2) is 4.57 Å². The highest BCUT2D eigenvalue weighted by Crippen LogP contribution is 2.40. The SMILES string of the molecule is CC(C#N)(C#N)OP(=O)(O)O. The first-order chi connectivity index (χ1) is 4.83. The van der Waals surface area contributed by atoms with Gasteiger partial charge >= 0.3 is 7.82 Å². The third-order valence-corrected chi connectivity index (χ3v) is 1.33. The first kappa shape index (κ1) is 10.1. The van der Waals surface area contributed by atoms with Crippen molar-refractivity contribution < 1.29 is 18.9 Å². The fraction of sp³-hybridized carbons (Fsp3) is 0.500. The predicted octanol–water partition coefficient (Wildman–Crippen LogP) is -0.0984. The van der Waals surface area contributed by atoms with Crippen LogP contribution in [-0.2, 0) is 9.09 Å². The molecule has 0 aromatic heterocycles. The van der Waals surface area contributed by atoms with E-state index in [1.165, 1.54) is 12.1 Å². The molecule has 0 fully saturated rings. The Kier molecular flexibility index (Phi) is 2.75. The molecule has 0 aliphatic heterocycles. The van der Waals surface area contributed by atoms with Gasteiger partial charge in [-0.3, -0.25) is 4.52 Å². The van der Waals surface area contributed by atoms with E-state index in [-0.39, 0.29) is 0 Å². The molecule has 0 heterocycles. The molecule has 60 valence electrons. The Labute approximate surface area is 62.9 Å². The summed E-state index contributed by atoms with van der Waals surface area (Å²) in [5.41, 5.74) is -2.08. The summed E-state index contributed by atoms with van der Waals surface area (Å²) in [6.45, 7) is 0.964. The molecule has 0 unspecified atom stereocenters. The second-order valence-electron chi connectivity index (χ2n) is 1.84. The third-order valence-electron chi connectivity index (χ3n) is 0.728. The van der Waals surface area contributed by atoms with Crippen LogP contribution in [0.1, 0.15) is 6.92 Å². The van der Waals surface area contributed by atoms with Crippen molar-refractivity contribution in [3.05, 3.63) is 0 Å². The van der Waals surface area contributed by atoms with Gasteiger partial charge in [0.05, 0.1) is 0 Å². The summed E-state index contributed by atoms with van der Waals surface area (Å²) in [4.78, 5) is 16.4. The lowest BCUT2D eigenvalue weighted by molar-refractivity contribution is 0.134. The van der Waals surface area contributed by atoms with Gasteiger partial charge in [0.15, 0.2) is 0 Å². The number of hydrogen-bond donors (Lipinski definition) is 2. The maximum Gasteiger partial charge on any atom is 0.472 e. The monoisotopic (exact) mass is 176 g/mol. The molecule has 0 bridgehead atoms. The maximum absolute atomic E-state index is 10.1. The average molecular weight is 176 g/mol. The third kappa shape index (κ3) is 3.72. The standard InChI is InChI=1S/C4H5N2O4P/c1-4(2-5,3-6)10-11(7,8)9/h1H3,(H2,7,8,9). The highest BCUT2D eigenvalue weighted by molar-refractivity contribution is 7.46. The summed E-state index contributed by atoms with van der Waals surface area (Å²) in [6.07, 6.45) is 0. The number of phosphoric ester groups is 1. The van der Waals surface area contributed by atoms with Crippen molar-refractivity contribution in [1.82, 2.24) is 0 Å². The van der Waals surface area contributed by atoms with E-state index in [4.69, 9.17) is 20.3 Å². The van der Waals surface area contributed by atoms with E-state index in [1.807, 2.05) is 0 Å². The van der Waals surface area contributed by atoms with Gasteiger partial charge in [-0.2, -0.15) is 10.5 Å². The largest absolute Gasteiger partial charge is 0.472 e. The van der Waals surface area contributed by atoms with Crippen molar-refractivity contribution in [2.24, 2.45) is 0 Å². The zero-order chi connectivity index (χ0) is 9.12. The lowest BCUT2D eigenvalue weighted by atomic mass is 10.2. The van der Waals surface area contributed by atoms with Crippen LogP contribution < -0.4 is 0 Å². The van der Waals surface area contributed by atoms with Crippen LogP contribution in [0, 0.1) is 22.7 Å². The predicted molar refractivity (Wildman–Crippen MR) is 32.8 cm³/mol. The van der Waals surface area contributed by atoms with Crippen LogP contribution >= 0.6 is 7.82 Å². The van der Waals surface area contributed by atoms with Crippen LogP contribution in [0.15, 0.2) is 0 Å². The zero-order valence-corrected chi connectivity index (χ0v) is 6.45. The molecule has 0 spiro atoms. The normalized spacial score (nSPS) is 11.7. The molecule has 0 aliphatic carbocycles. The second kappa shape index (κ2) is 3.00. The molecule has 0 saturated carbocycles. The number of nitrogens with zero attached hydrogens (tertiary/aromatic N) is 2. The first-order valence-corrected chi connectivity index (χ1v) is 3.95. The van der Waals surface area contributed by atoms with Gasteiger partial charge in [-0.05, 0) is 6.92 Å². The van der Waals surface area contributed by atoms with Crippen LogP contribution in [0.4, 0.5) is 0 Å². The molecule has 0 aromatic carbocycles. The summed E-state index contributed by atoms with van der Waals surface area (Å²) in [5, 5.41) is 16.4. The van der Waals surface area contributed by atoms with E-state index < -0.39 is 13.4 Å². The molecule has 6 nitrogen and oxygen atoms in total. The van der Waals surface area contributed by atoms with Gasteiger partial charge in [-0.15, -0.1) is 0 Å². The molecule has 0 atom stereocenters. The van der Waals surface area contributed by atoms with Gasteiger partial charge in [0.1, 0.15) is 12.1 Å². The van der Waals surface area contributed by atoms with Crippen molar-refractivity contribution >= 4 is 7.82 Å². The smallest absolute Gasteiger partial charge is 0.303 e. The van der Waals surface area contributed by atoms with E-state index in [9.17, 15) is 4.57 Å². The van der Waals surface area contributed by atoms with E-state index in [0.29, 0.717) is 0 Å². The fourth-order valence-corrected chi connectivity index (χ4v) is 0.861. The molecule has 7 heteroatoms. The minimum Gasteiger partial charge on any atom is -0.303 e. The molecule has 0 amide bonds. The number of nitriles is 2. The Balaban J connectivity index is 4.53. The number of hydrogen-bond acceptors (Lipinski definition) is 4. The molecule has 11 heavy (non-hydrogen) atoms. The molecule has 0 radical (unpaired) electrons. The highest BCUT2D eigenvalue weighted by Gasteiger charge is 2.33. The Morgan fingerprint density at radius 1 is 1.45 bits per heavy atom. The summed E-state index contributed by atoms with van der Waals surface area (Å²) in [5.74, 6) is 0. The summed E-state index contributed by atoms with van der Waals surface area (Å²) >= 11 is 0. The van der Waals surface area contributed by atoms with Crippen molar-refractivity contribution in [1.29, 1.82) is 10.5 Å². The molecular formula is C4H5N2O4P.